The zero-order valence-electron chi connectivity index (χ0n) is 13.5. The van der Waals surface area contributed by atoms with Gasteiger partial charge < -0.3 is 18.6 Å². The molecular formula is C14H18ClN4O4P. The number of hydrogen-bond acceptors (Lipinski definition) is 7. The molecule has 0 N–H and O–H groups in total. The van der Waals surface area contributed by atoms with E-state index in [4.69, 9.17) is 25.6 Å². The van der Waals surface area contributed by atoms with Crippen molar-refractivity contribution in [2.24, 2.45) is 0 Å². The molecule has 4 heterocycles. The number of halogens is 1. The minimum absolute atomic E-state index is 0.233. The lowest BCUT2D eigenvalue weighted by Gasteiger charge is -2.26. The van der Waals surface area contributed by atoms with Crippen LogP contribution in [0.2, 0.25) is 5.15 Å². The number of aromatic nitrogens is 4. The molecule has 4 atom stereocenters. The molecule has 0 aromatic carbocycles. The molecule has 2 fully saturated rings. The van der Waals surface area contributed by atoms with Crippen molar-refractivity contribution in [3.8, 4) is 0 Å². The van der Waals surface area contributed by atoms with Crippen molar-refractivity contribution in [2.45, 2.75) is 44.0 Å². The molecule has 0 unspecified atom stereocenters. The molecule has 8 nitrogen and oxygen atoms in total. The van der Waals surface area contributed by atoms with Crippen LogP contribution in [0.25, 0.3) is 11.2 Å². The van der Waals surface area contributed by atoms with Crippen molar-refractivity contribution in [3.05, 3.63) is 17.8 Å². The van der Waals surface area contributed by atoms with E-state index in [0.29, 0.717) is 29.0 Å². The molecule has 2 aliphatic heterocycles. The van der Waals surface area contributed by atoms with E-state index in [1.165, 1.54) is 13.4 Å². The largest absolute Gasteiger partial charge is 0.344 e. The van der Waals surface area contributed by atoms with Gasteiger partial charge in [0.05, 0.1) is 24.3 Å². The van der Waals surface area contributed by atoms with Gasteiger partial charge in [-0.2, -0.15) is 0 Å². The topological polar surface area (TPSA) is 88.4 Å². The summed E-state index contributed by atoms with van der Waals surface area (Å²) in [6.07, 6.45) is 2.84. The van der Waals surface area contributed by atoms with Crippen LogP contribution in [0, 0.1) is 0 Å². The fraction of sp³-hybridized carbons (Fsp3) is 0.643. The molecule has 2 aromatic rings. The second-order valence-electron chi connectivity index (χ2n) is 6.53. The van der Waals surface area contributed by atoms with Crippen LogP contribution < -0.4 is 0 Å². The predicted molar refractivity (Wildman–Crippen MR) is 87.4 cm³/mol. The van der Waals surface area contributed by atoms with Gasteiger partial charge in [0.25, 0.3) is 0 Å². The third-order valence-corrected chi connectivity index (χ3v) is 7.82. The van der Waals surface area contributed by atoms with Crippen LogP contribution >= 0.6 is 19.0 Å². The van der Waals surface area contributed by atoms with Crippen LogP contribution in [0.4, 0.5) is 0 Å². The lowest BCUT2D eigenvalue weighted by Crippen LogP contribution is -2.32. The Morgan fingerprint density at radius 3 is 2.96 bits per heavy atom. The summed E-state index contributed by atoms with van der Waals surface area (Å²) < 4.78 is 32.3. The van der Waals surface area contributed by atoms with E-state index in [0.717, 1.165) is 0 Å². The summed E-state index contributed by atoms with van der Waals surface area (Å²) in [7, 11) is -1.42. The molecule has 0 spiro atoms. The number of fused-ring (bicyclic) bond motifs is 2. The molecule has 4 rings (SSSR count). The zero-order chi connectivity index (χ0) is 17.1. The first-order valence-electron chi connectivity index (χ1n) is 7.64. The van der Waals surface area contributed by atoms with Crippen molar-refractivity contribution >= 4 is 30.1 Å². The number of hydrogen-bond donors (Lipinski definition) is 0. The van der Waals surface area contributed by atoms with Gasteiger partial charge in [-0.25, -0.2) is 15.0 Å². The van der Waals surface area contributed by atoms with Crippen LogP contribution in [0.5, 0.6) is 0 Å². The molecule has 0 bridgehead atoms. The Morgan fingerprint density at radius 1 is 1.42 bits per heavy atom. The van der Waals surface area contributed by atoms with Gasteiger partial charge in [0.15, 0.2) is 16.6 Å². The average Bonchev–Trinajstić information content (AvgIpc) is 3.12. The highest BCUT2D eigenvalue weighted by Gasteiger charge is 2.59. The summed E-state index contributed by atoms with van der Waals surface area (Å²) >= 11 is 6.05. The smallest absolute Gasteiger partial charge is 0.213 e. The van der Waals surface area contributed by atoms with E-state index in [1.807, 2.05) is 18.4 Å². The first kappa shape index (κ1) is 16.4. The summed E-state index contributed by atoms with van der Waals surface area (Å²) in [5.74, 6) is -0.685. The normalized spacial score (nSPS) is 34.8. The Hall–Kier alpha value is -1.05. The van der Waals surface area contributed by atoms with Crippen LogP contribution in [-0.2, 0) is 25.1 Å². The molecule has 2 aliphatic rings. The summed E-state index contributed by atoms with van der Waals surface area (Å²) in [6, 6.07) is 0. The first-order chi connectivity index (χ1) is 11.3. The summed E-state index contributed by atoms with van der Waals surface area (Å²) in [5, 5.41) is 0.291. The SMILES string of the molecule is CO[P@@]1(=O)C[C@H]2OC(C)(C)O[C@H]2[C@@H]1Cn1cnc2c(Cl)ncnc21. The van der Waals surface area contributed by atoms with Gasteiger partial charge in [-0.15, -0.1) is 0 Å². The van der Waals surface area contributed by atoms with Gasteiger partial charge in [0.1, 0.15) is 17.9 Å². The summed E-state index contributed by atoms with van der Waals surface area (Å²) in [6.45, 7) is 4.12. The number of rotatable bonds is 3. The molecule has 10 heteroatoms. The van der Waals surface area contributed by atoms with E-state index >= 15 is 0 Å². The van der Waals surface area contributed by atoms with Gasteiger partial charge in [-0.05, 0) is 13.8 Å². The average molecular weight is 373 g/mol. The molecule has 0 saturated carbocycles. The number of ether oxygens (including phenoxy) is 2. The maximum Gasteiger partial charge on any atom is 0.213 e. The Morgan fingerprint density at radius 2 is 2.21 bits per heavy atom. The van der Waals surface area contributed by atoms with Crippen molar-refractivity contribution in [3.63, 3.8) is 0 Å². The third-order valence-electron chi connectivity index (χ3n) is 4.59. The van der Waals surface area contributed by atoms with Crippen molar-refractivity contribution in [2.75, 3.05) is 13.3 Å². The zero-order valence-corrected chi connectivity index (χ0v) is 15.2. The van der Waals surface area contributed by atoms with Crippen LogP contribution in [0.15, 0.2) is 12.7 Å². The minimum Gasteiger partial charge on any atom is -0.344 e. The molecule has 2 saturated heterocycles. The maximum absolute atomic E-state index is 13.2. The van der Waals surface area contributed by atoms with E-state index in [1.54, 1.807) is 6.33 Å². The Kier molecular flexibility index (Phi) is 3.75. The summed E-state index contributed by atoms with van der Waals surface area (Å²) in [4.78, 5) is 12.4. The van der Waals surface area contributed by atoms with Crippen LogP contribution in [0.3, 0.4) is 0 Å². The van der Waals surface area contributed by atoms with E-state index in [2.05, 4.69) is 15.0 Å². The van der Waals surface area contributed by atoms with Crippen LogP contribution in [0.1, 0.15) is 13.8 Å². The van der Waals surface area contributed by atoms with Gasteiger partial charge in [0.2, 0.25) is 7.37 Å². The molecule has 0 aliphatic carbocycles. The Bertz CT molecular complexity index is 841. The lowest BCUT2D eigenvalue weighted by molar-refractivity contribution is -0.146. The molecule has 2 aromatic heterocycles. The Labute approximate surface area is 143 Å². The highest BCUT2D eigenvalue weighted by molar-refractivity contribution is 7.60. The van der Waals surface area contributed by atoms with Gasteiger partial charge in [-0.1, -0.05) is 11.6 Å². The summed E-state index contributed by atoms with van der Waals surface area (Å²) in [5.41, 5.74) is 0.782. The standard InChI is InChI=1S/C14H18ClN4O4P/c1-14(2)22-8-5-24(20,21-3)9(11(8)23-14)4-19-7-18-10-12(15)16-6-17-13(10)19/h6-9,11H,4-5H2,1-3H3/t8-,9+,11-,24+/m1/s1. The second-order valence-corrected chi connectivity index (χ2v) is 9.73. The monoisotopic (exact) mass is 372 g/mol. The van der Waals surface area contributed by atoms with Crippen molar-refractivity contribution < 1.29 is 18.6 Å². The minimum atomic E-state index is -2.90. The van der Waals surface area contributed by atoms with E-state index < -0.39 is 13.2 Å². The predicted octanol–water partition coefficient (Wildman–Crippen LogP) is 2.31. The lowest BCUT2D eigenvalue weighted by atomic mass is 10.1. The van der Waals surface area contributed by atoms with E-state index in [9.17, 15) is 4.57 Å². The van der Waals surface area contributed by atoms with Crippen molar-refractivity contribution in [1.82, 2.24) is 19.5 Å². The molecular weight excluding hydrogens is 355 g/mol. The molecule has 24 heavy (non-hydrogen) atoms. The maximum atomic E-state index is 13.2. The van der Waals surface area contributed by atoms with Crippen molar-refractivity contribution in [1.29, 1.82) is 0 Å². The first-order valence-corrected chi connectivity index (χ1v) is 9.90. The van der Waals surface area contributed by atoms with E-state index in [-0.39, 0.29) is 17.9 Å². The number of nitrogens with zero attached hydrogens (tertiary/aromatic N) is 4. The highest BCUT2D eigenvalue weighted by Crippen LogP contribution is 2.62. The van der Waals surface area contributed by atoms with Gasteiger partial charge in [-0.3, -0.25) is 4.57 Å². The fourth-order valence-corrected chi connectivity index (χ4v) is 6.34. The second kappa shape index (κ2) is 5.47. The quantitative estimate of drug-likeness (QED) is 0.603. The van der Waals surface area contributed by atoms with Crippen LogP contribution in [-0.4, -0.2) is 56.4 Å². The van der Waals surface area contributed by atoms with Gasteiger partial charge in [0, 0.05) is 13.7 Å². The Balaban J connectivity index is 1.70. The third kappa shape index (κ3) is 2.48. The molecule has 0 amide bonds. The van der Waals surface area contributed by atoms with Gasteiger partial charge >= 0.3 is 0 Å². The fourth-order valence-electron chi connectivity index (χ4n) is 3.57. The molecule has 130 valence electrons. The number of imidazole rings is 1. The highest BCUT2D eigenvalue weighted by atomic mass is 35.5. The molecule has 0 radical (unpaired) electrons.